The number of fused-ring (bicyclic) bond motifs is 1. The first-order valence-electron chi connectivity index (χ1n) is 11.0. The number of hydrogen-bond acceptors (Lipinski definition) is 3. The summed E-state index contributed by atoms with van der Waals surface area (Å²) in [6.07, 6.45) is 5.77. The van der Waals surface area contributed by atoms with Crippen LogP contribution in [0.25, 0.3) is 22.0 Å². The number of aliphatic hydroxyl groups excluding tert-OH is 1. The zero-order chi connectivity index (χ0) is 21.4. The van der Waals surface area contributed by atoms with Gasteiger partial charge in [0.25, 0.3) is 0 Å². The van der Waals surface area contributed by atoms with Gasteiger partial charge in [-0.3, -0.25) is 0 Å². The van der Waals surface area contributed by atoms with E-state index in [-0.39, 0.29) is 6.10 Å². The summed E-state index contributed by atoms with van der Waals surface area (Å²) in [7, 11) is 0. The second kappa shape index (κ2) is 8.16. The number of nitrogens with zero attached hydrogens (tertiary/aromatic N) is 2. The Bertz CT molecular complexity index is 1110. The lowest BCUT2D eigenvalue weighted by atomic mass is 9.93. The topological polar surface area (TPSA) is 61.0 Å². The second-order valence-corrected chi connectivity index (χ2v) is 8.99. The van der Waals surface area contributed by atoms with E-state index in [1.54, 1.807) is 0 Å². The van der Waals surface area contributed by atoms with Crippen LogP contribution in [0.15, 0.2) is 36.5 Å². The molecule has 4 heteroatoms. The number of aliphatic hydroxyl groups is 1. The first kappa shape index (κ1) is 20.5. The number of rotatable bonds is 4. The van der Waals surface area contributed by atoms with Crippen LogP contribution >= 0.6 is 0 Å². The third-order valence-corrected chi connectivity index (χ3v) is 6.43. The van der Waals surface area contributed by atoms with Crippen molar-refractivity contribution in [3.63, 3.8) is 0 Å². The van der Waals surface area contributed by atoms with Gasteiger partial charge in [-0.25, -0.2) is 0 Å². The predicted molar refractivity (Wildman–Crippen MR) is 124 cm³/mol. The molecule has 1 fully saturated rings. The van der Waals surface area contributed by atoms with Crippen LogP contribution in [0.1, 0.15) is 62.3 Å². The summed E-state index contributed by atoms with van der Waals surface area (Å²) in [5.74, 6) is 0. The molecule has 0 amide bonds. The first-order chi connectivity index (χ1) is 14.4. The summed E-state index contributed by atoms with van der Waals surface area (Å²) in [5.41, 5.74) is 7.68. The fraction of sp³-hybridized carbons (Fsp3) is 0.423. The molecular weight excluding hydrogens is 370 g/mol. The quantitative estimate of drug-likeness (QED) is 0.556. The van der Waals surface area contributed by atoms with Crippen molar-refractivity contribution in [2.45, 2.75) is 71.6 Å². The summed E-state index contributed by atoms with van der Waals surface area (Å²) in [5, 5.41) is 24.3. The maximum absolute atomic E-state index is 9.97. The summed E-state index contributed by atoms with van der Waals surface area (Å²) in [4.78, 5) is 0. The Balaban J connectivity index is 1.91. The van der Waals surface area contributed by atoms with Gasteiger partial charge < -0.3 is 15.0 Å². The average molecular weight is 402 g/mol. The molecule has 4 rings (SSSR count). The average Bonchev–Trinajstić information content (AvgIpc) is 3.07. The van der Waals surface area contributed by atoms with Crippen LogP contribution in [-0.2, 0) is 0 Å². The lowest BCUT2D eigenvalue weighted by molar-refractivity contribution is 0.111. The summed E-state index contributed by atoms with van der Waals surface area (Å²) < 4.78 is 2.40. The highest BCUT2D eigenvalue weighted by Gasteiger charge is 2.24. The number of aryl methyl sites for hydroxylation is 1. The van der Waals surface area contributed by atoms with E-state index in [9.17, 15) is 10.4 Å². The van der Waals surface area contributed by atoms with Crippen LogP contribution in [-0.4, -0.2) is 21.8 Å². The van der Waals surface area contributed by atoms with Gasteiger partial charge >= 0.3 is 0 Å². The van der Waals surface area contributed by atoms with Gasteiger partial charge in [-0.05, 0) is 88.3 Å². The third kappa shape index (κ3) is 3.70. The van der Waals surface area contributed by atoms with Crippen molar-refractivity contribution in [2.75, 3.05) is 5.32 Å². The third-order valence-electron chi connectivity index (χ3n) is 6.43. The Kier molecular flexibility index (Phi) is 5.58. The fourth-order valence-corrected chi connectivity index (χ4v) is 4.77. The Labute approximate surface area is 179 Å². The number of benzene rings is 2. The molecule has 0 bridgehead atoms. The zero-order valence-corrected chi connectivity index (χ0v) is 18.4. The molecule has 0 spiro atoms. The molecule has 0 aliphatic heterocycles. The second-order valence-electron chi connectivity index (χ2n) is 8.99. The number of aromatic nitrogens is 1. The molecule has 30 heavy (non-hydrogen) atoms. The zero-order valence-electron chi connectivity index (χ0n) is 18.4. The highest BCUT2D eigenvalue weighted by atomic mass is 16.3. The van der Waals surface area contributed by atoms with Gasteiger partial charge in [-0.15, -0.1) is 0 Å². The molecule has 1 heterocycles. The minimum atomic E-state index is -0.171. The molecule has 156 valence electrons. The lowest BCUT2D eigenvalue weighted by Gasteiger charge is -2.27. The summed E-state index contributed by atoms with van der Waals surface area (Å²) >= 11 is 0. The molecule has 0 unspecified atom stereocenters. The Morgan fingerprint density at radius 1 is 1.10 bits per heavy atom. The molecule has 0 atom stereocenters. The van der Waals surface area contributed by atoms with Crippen molar-refractivity contribution >= 4 is 16.6 Å². The van der Waals surface area contributed by atoms with Crippen LogP contribution in [0.2, 0.25) is 0 Å². The predicted octanol–water partition coefficient (Wildman–Crippen LogP) is 6.09. The highest BCUT2D eigenvalue weighted by molar-refractivity contribution is 5.99. The molecular formula is C26H31N3O. The van der Waals surface area contributed by atoms with E-state index in [0.717, 1.165) is 47.9 Å². The Morgan fingerprint density at radius 2 is 1.83 bits per heavy atom. The van der Waals surface area contributed by atoms with E-state index in [4.69, 9.17) is 0 Å². The highest BCUT2D eigenvalue weighted by Crippen LogP contribution is 2.40. The largest absolute Gasteiger partial charge is 0.393 e. The summed E-state index contributed by atoms with van der Waals surface area (Å²) in [6, 6.07) is 13.7. The van der Waals surface area contributed by atoms with Crippen molar-refractivity contribution in [2.24, 2.45) is 0 Å². The smallest absolute Gasteiger partial charge is 0.0994 e. The van der Waals surface area contributed by atoms with Gasteiger partial charge in [0, 0.05) is 40.4 Å². The van der Waals surface area contributed by atoms with Gasteiger partial charge in [0.2, 0.25) is 0 Å². The van der Waals surface area contributed by atoms with Gasteiger partial charge in [0.15, 0.2) is 0 Å². The molecule has 3 aromatic rings. The number of anilines is 1. The van der Waals surface area contributed by atoms with Gasteiger partial charge in [-0.1, -0.05) is 12.1 Å². The molecule has 1 aromatic heterocycles. The van der Waals surface area contributed by atoms with Crippen LogP contribution in [0, 0.1) is 25.2 Å². The molecule has 2 N–H and O–H groups in total. The standard InChI is InChI=1S/C26H31N3O/c1-16(2)28-25-7-5-6-22(18(25)4)24-15-29(20-8-10-21(30)11-9-20)26-12-17(3)19(14-27)13-23(24)26/h5-7,12-13,15-16,20-21,28,30H,8-11H2,1-4H3. The fourth-order valence-electron chi connectivity index (χ4n) is 4.77. The first-order valence-corrected chi connectivity index (χ1v) is 11.0. The molecule has 1 aliphatic rings. The molecule has 0 saturated heterocycles. The maximum atomic E-state index is 9.97. The monoisotopic (exact) mass is 401 g/mol. The van der Waals surface area contributed by atoms with Crippen LogP contribution < -0.4 is 5.32 Å². The lowest BCUT2D eigenvalue weighted by Crippen LogP contribution is -2.20. The van der Waals surface area contributed by atoms with Crippen LogP contribution in [0.4, 0.5) is 5.69 Å². The van der Waals surface area contributed by atoms with Crippen LogP contribution in [0.5, 0.6) is 0 Å². The van der Waals surface area contributed by atoms with E-state index < -0.39 is 0 Å². The van der Waals surface area contributed by atoms with E-state index in [2.05, 4.69) is 73.3 Å². The number of nitrogens with one attached hydrogen (secondary N) is 1. The minimum Gasteiger partial charge on any atom is -0.393 e. The van der Waals surface area contributed by atoms with E-state index in [1.807, 2.05) is 6.92 Å². The minimum absolute atomic E-state index is 0.171. The molecule has 1 saturated carbocycles. The molecule has 1 aliphatic carbocycles. The van der Waals surface area contributed by atoms with Crippen molar-refractivity contribution in [3.8, 4) is 17.2 Å². The van der Waals surface area contributed by atoms with Crippen molar-refractivity contribution in [1.29, 1.82) is 5.26 Å². The van der Waals surface area contributed by atoms with E-state index in [1.165, 1.54) is 22.2 Å². The van der Waals surface area contributed by atoms with Crippen molar-refractivity contribution in [1.82, 2.24) is 4.57 Å². The number of hydrogen-bond donors (Lipinski definition) is 2. The Hall–Kier alpha value is -2.77. The van der Waals surface area contributed by atoms with Gasteiger partial charge in [0.1, 0.15) is 0 Å². The maximum Gasteiger partial charge on any atom is 0.0994 e. The van der Waals surface area contributed by atoms with E-state index in [0.29, 0.717) is 12.1 Å². The SMILES string of the molecule is Cc1cc2c(cc1C#N)c(-c1cccc(NC(C)C)c1C)cn2C1CCC(O)CC1. The van der Waals surface area contributed by atoms with E-state index >= 15 is 0 Å². The number of nitriles is 1. The molecule has 0 radical (unpaired) electrons. The normalized spacial score (nSPS) is 19.2. The molecule has 2 aromatic carbocycles. The van der Waals surface area contributed by atoms with Crippen molar-refractivity contribution in [3.05, 3.63) is 53.2 Å². The van der Waals surface area contributed by atoms with Gasteiger partial charge in [0.05, 0.1) is 17.7 Å². The van der Waals surface area contributed by atoms with Gasteiger partial charge in [-0.2, -0.15) is 5.26 Å². The molecule has 4 nitrogen and oxygen atoms in total. The Morgan fingerprint density at radius 3 is 2.50 bits per heavy atom. The van der Waals surface area contributed by atoms with Crippen molar-refractivity contribution < 1.29 is 5.11 Å². The van der Waals surface area contributed by atoms with Crippen LogP contribution in [0.3, 0.4) is 0 Å². The summed E-state index contributed by atoms with van der Waals surface area (Å²) in [6.45, 7) is 8.48.